The number of aliphatic imine (C=N–C) groups is 1. The first kappa shape index (κ1) is 12.0. The van der Waals surface area contributed by atoms with E-state index in [9.17, 15) is 13.2 Å². The molecule has 0 spiro atoms. The highest BCUT2D eigenvalue weighted by Gasteiger charge is 2.25. The van der Waals surface area contributed by atoms with Crippen LogP contribution in [-0.4, -0.2) is 23.9 Å². The van der Waals surface area contributed by atoms with Crippen molar-refractivity contribution in [3.05, 3.63) is 0 Å². The number of unbranched alkanes of at least 4 members (excludes halogenated alkanes) is 1. The number of alkyl halides is 3. The lowest BCUT2D eigenvalue weighted by Gasteiger charge is -2.04. The van der Waals surface area contributed by atoms with Crippen molar-refractivity contribution in [3.63, 3.8) is 0 Å². The lowest BCUT2D eigenvalue weighted by Crippen LogP contribution is -2.28. The molecule has 0 rings (SSSR count). The minimum Gasteiger partial charge on any atom is -0.368 e. The smallest absolute Gasteiger partial charge is 0.368 e. The highest BCUT2D eigenvalue weighted by Crippen LogP contribution is 2.21. The van der Waals surface area contributed by atoms with Gasteiger partial charge in [0, 0.05) is 13.0 Å². The van der Waals surface area contributed by atoms with Gasteiger partial charge >= 0.3 is 6.18 Å². The number of hydrogen-bond donors (Lipinski definition) is 3. The van der Waals surface area contributed by atoms with Gasteiger partial charge in [-0.1, -0.05) is 0 Å². The summed E-state index contributed by atoms with van der Waals surface area (Å²) in [5.41, 5.74) is 6.59. The minimum atomic E-state index is -4.11. The van der Waals surface area contributed by atoms with Crippen molar-refractivity contribution in [2.75, 3.05) is 6.54 Å². The first-order valence-corrected chi connectivity index (χ1v) is 3.72. The molecule has 0 aliphatic carbocycles. The van der Waals surface area contributed by atoms with Gasteiger partial charge in [-0.2, -0.15) is 13.2 Å². The van der Waals surface area contributed by atoms with Crippen LogP contribution in [-0.2, 0) is 0 Å². The Morgan fingerprint density at radius 1 is 1.38 bits per heavy atom. The molecule has 0 aliphatic heterocycles. The second-order valence-corrected chi connectivity index (χ2v) is 2.45. The summed E-state index contributed by atoms with van der Waals surface area (Å²) in [4.78, 5) is 3.53. The summed E-state index contributed by atoms with van der Waals surface area (Å²) in [5.74, 6) is -0.188. The maximum Gasteiger partial charge on any atom is 0.389 e. The second-order valence-electron chi connectivity index (χ2n) is 2.45. The predicted molar refractivity (Wildman–Crippen MR) is 41.3 cm³/mol. The van der Waals surface area contributed by atoms with Crippen molar-refractivity contribution in [2.24, 2.45) is 10.7 Å². The summed E-state index contributed by atoms with van der Waals surface area (Å²) in [6, 6.07) is 0. The zero-order valence-electron chi connectivity index (χ0n) is 6.93. The molecule has 0 aromatic heterocycles. The quantitative estimate of drug-likeness (QED) is 0.274. The van der Waals surface area contributed by atoms with Crippen LogP contribution in [0, 0.1) is 0 Å². The first-order valence-electron chi connectivity index (χ1n) is 3.72. The Kier molecular flexibility index (Phi) is 5.20. The largest absolute Gasteiger partial charge is 0.389 e. The van der Waals surface area contributed by atoms with Crippen LogP contribution >= 0.6 is 0 Å². The molecule has 13 heavy (non-hydrogen) atoms. The molecule has 0 saturated carbocycles. The van der Waals surface area contributed by atoms with Crippen LogP contribution in [0.2, 0.25) is 0 Å². The molecule has 0 heterocycles. The third kappa shape index (κ3) is 8.93. The number of hydroxylamine groups is 1. The highest BCUT2D eigenvalue weighted by atomic mass is 19.4. The van der Waals surface area contributed by atoms with Crippen molar-refractivity contribution >= 4 is 5.96 Å². The van der Waals surface area contributed by atoms with E-state index in [2.05, 4.69) is 4.99 Å². The summed E-state index contributed by atoms with van der Waals surface area (Å²) in [7, 11) is 0. The number of nitrogens with one attached hydrogen (secondary N) is 1. The minimum absolute atomic E-state index is 0.0196. The molecule has 0 unspecified atom stereocenters. The standard InChI is InChI=1S/C6H12F3N3O/c7-6(8,9)3-1-2-4-11-5(10)12-13/h13H,1-4H2,(H3,10,11,12). The van der Waals surface area contributed by atoms with Gasteiger partial charge in [-0.25, -0.2) is 5.48 Å². The SMILES string of the molecule is NC(=NCCCCC(F)(F)F)NO. The van der Waals surface area contributed by atoms with Crippen molar-refractivity contribution in [3.8, 4) is 0 Å². The number of guanidine groups is 1. The second kappa shape index (κ2) is 5.63. The number of nitrogens with two attached hydrogens (primary N) is 1. The number of nitrogens with zero attached hydrogens (tertiary/aromatic N) is 1. The van der Waals surface area contributed by atoms with Crippen molar-refractivity contribution in [1.29, 1.82) is 0 Å². The van der Waals surface area contributed by atoms with E-state index >= 15 is 0 Å². The maximum atomic E-state index is 11.6. The molecule has 0 bridgehead atoms. The fourth-order valence-corrected chi connectivity index (χ4v) is 0.672. The Hall–Kier alpha value is -0.980. The lowest BCUT2D eigenvalue weighted by atomic mass is 10.2. The summed E-state index contributed by atoms with van der Waals surface area (Å²) in [6.07, 6.45) is -4.60. The molecular formula is C6H12F3N3O. The number of hydrogen-bond acceptors (Lipinski definition) is 2. The van der Waals surface area contributed by atoms with Crippen LogP contribution in [0.5, 0.6) is 0 Å². The van der Waals surface area contributed by atoms with Crippen LogP contribution in [0.4, 0.5) is 13.2 Å². The number of rotatable bonds is 4. The summed E-state index contributed by atoms with van der Waals surface area (Å²) in [5, 5.41) is 8.13. The van der Waals surface area contributed by atoms with Gasteiger partial charge < -0.3 is 5.73 Å². The topological polar surface area (TPSA) is 70.6 Å². The summed E-state index contributed by atoms with van der Waals surface area (Å²) in [6.45, 7) is 0.176. The average molecular weight is 199 g/mol. The summed E-state index contributed by atoms with van der Waals surface area (Å²) >= 11 is 0. The zero-order valence-corrected chi connectivity index (χ0v) is 6.93. The Balaban J connectivity index is 3.37. The van der Waals surface area contributed by atoms with Gasteiger partial charge in [0.15, 0.2) is 0 Å². The van der Waals surface area contributed by atoms with Gasteiger partial charge in [0.2, 0.25) is 5.96 Å². The molecule has 4 nitrogen and oxygen atoms in total. The average Bonchev–Trinajstić information content (AvgIpc) is 2.01. The van der Waals surface area contributed by atoms with E-state index in [0.29, 0.717) is 6.42 Å². The van der Waals surface area contributed by atoms with Gasteiger partial charge in [-0.3, -0.25) is 10.2 Å². The molecule has 0 radical (unpaired) electrons. The Morgan fingerprint density at radius 2 is 2.00 bits per heavy atom. The molecule has 7 heteroatoms. The molecule has 0 aliphatic rings. The Labute approximate surface area is 73.6 Å². The van der Waals surface area contributed by atoms with E-state index in [1.165, 1.54) is 0 Å². The van der Waals surface area contributed by atoms with Crippen LogP contribution in [0.1, 0.15) is 19.3 Å². The van der Waals surface area contributed by atoms with Gasteiger partial charge in [-0.15, -0.1) is 0 Å². The molecule has 0 atom stereocenters. The predicted octanol–water partition coefficient (Wildman–Crippen LogP) is 1.01. The summed E-state index contributed by atoms with van der Waals surface area (Å²) < 4.78 is 34.8. The van der Waals surface area contributed by atoms with Gasteiger partial charge in [0.25, 0.3) is 0 Å². The molecule has 78 valence electrons. The van der Waals surface area contributed by atoms with Crippen LogP contribution in [0.3, 0.4) is 0 Å². The van der Waals surface area contributed by atoms with E-state index in [1.54, 1.807) is 5.48 Å². The molecule has 0 saturated heterocycles. The molecule has 0 aromatic rings. The third-order valence-electron chi connectivity index (χ3n) is 1.27. The monoisotopic (exact) mass is 199 g/mol. The first-order chi connectivity index (χ1) is 5.95. The molecule has 0 fully saturated rings. The van der Waals surface area contributed by atoms with E-state index in [4.69, 9.17) is 10.9 Å². The van der Waals surface area contributed by atoms with E-state index in [1.807, 2.05) is 0 Å². The molecule has 0 amide bonds. The van der Waals surface area contributed by atoms with Crippen molar-refractivity contribution < 1.29 is 18.4 Å². The lowest BCUT2D eigenvalue weighted by molar-refractivity contribution is -0.135. The third-order valence-corrected chi connectivity index (χ3v) is 1.27. The fourth-order valence-electron chi connectivity index (χ4n) is 0.672. The van der Waals surface area contributed by atoms with E-state index < -0.39 is 12.6 Å². The van der Waals surface area contributed by atoms with Crippen molar-refractivity contribution in [1.82, 2.24) is 5.48 Å². The van der Waals surface area contributed by atoms with E-state index in [0.717, 1.165) is 0 Å². The number of halogens is 3. The van der Waals surface area contributed by atoms with Gasteiger partial charge in [0.05, 0.1) is 0 Å². The van der Waals surface area contributed by atoms with Crippen LogP contribution < -0.4 is 11.2 Å². The van der Waals surface area contributed by atoms with E-state index in [-0.39, 0.29) is 18.9 Å². The van der Waals surface area contributed by atoms with Crippen molar-refractivity contribution in [2.45, 2.75) is 25.4 Å². The van der Waals surface area contributed by atoms with Gasteiger partial charge in [-0.05, 0) is 12.8 Å². The van der Waals surface area contributed by atoms with Gasteiger partial charge in [0.1, 0.15) is 0 Å². The molecule has 0 aromatic carbocycles. The maximum absolute atomic E-state index is 11.6. The van der Waals surface area contributed by atoms with Crippen LogP contribution in [0.15, 0.2) is 4.99 Å². The Morgan fingerprint density at radius 3 is 2.46 bits per heavy atom. The molecular weight excluding hydrogens is 187 g/mol. The fraction of sp³-hybridized carbons (Fsp3) is 0.833. The molecule has 4 N–H and O–H groups in total. The normalized spacial score (nSPS) is 13.1. The highest BCUT2D eigenvalue weighted by molar-refractivity contribution is 5.76. The van der Waals surface area contributed by atoms with Crippen LogP contribution in [0.25, 0.3) is 0 Å². The Bertz CT molecular complexity index is 169. The zero-order chi connectivity index (χ0) is 10.3.